The number of halogens is 4. The summed E-state index contributed by atoms with van der Waals surface area (Å²) < 4.78 is 59.0. The molecule has 0 radical (unpaired) electrons. The van der Waals surface area contributed by atoms with E-state index in [0.29, 0.717) is 33.6 Å². The van der Waals surface area contributed by atoms with Gasteiger partial charge in [0.1, 0.15) is 23.3 Å². The molecule has 0 aliphatic carbocycles. The molecule has 0 N–H and O–H groups in total. The van der Waals surface area contributed by atoms with E-state index in [0.717, 1.165) is 50.8 Å². The number of para-hydroxylation sites is 1. The van der Waals surface area contributed by atoms with Gasteiger partial charge in [-0.15, -0.1) is 10.2 Å². The van der Waals surface area contributed by atoms with Crippen molar-refractivity contribution in [3.8, 4) is 50.5 Å². The van der Waals surface area contributed by atoms with Crippen molar-refractivity contribution in [2.75, 3.05) is 0 Å². The quantitative estimate of drug-likeness (QED) is 0.180. The fourth-order valence-electron chi connectivity index (χ4n) is 6.11. The summed E-state index contributed by atoms with van der Waals surface area (Å²) in [4.78, 5) is 4.17. The average Bonchev–Trinajstić information content (AvgIpc) is 3.41. The van der Waals surface area contributed by atoms with Gasteiger partial charge in [0.15, 0.2) is 0 Å². The van der Waals surface area contributed by atoms with Gasteiger partial charge in [-0.05, 0) is 101 Å². The van der Waals surface area contributed by atoms with E-state index in [9.17, 15) is 17.6 Å². The Hall–Kier alpha value is -6.15. The zero-order valence-corrected chi connectivity index (χ0v) is 24.5. The molecule has 0 unspecified atom stereocenters. The first kappa shape index (κ1) is 28.3. The number of hydrogen-bond acceptors (Lipinski definition) is 3. The third-order valence-corrected chi connectivity index (χ3v) is 8.20. The Morgan fingerprint density at radius 3 is 1.53 bits per heavy atom. The van der Waals surface area contributed by atoms with Gasteiger partial charge in [0.05, 0.1) is 28.1 Å². The standard InChI is InChI=1S/C39H22F4N4/c40-28-14-26(15-29(41)20-28)23-7-11-38-33(18-23)34-19-24(27-16-30(42)21-31(43)17-27)8-12-39(34)47(38)37-6-2-1-5-32(37)36-10-9-35(45-46-36)25-4-3-13-44-22-25/h1-22H. The maximum Gasteiger partial charge on any atom is 0.126 e. The van der Waals surface area contributed by atoms with E-state index in [-0.39, 0.29) is 0 Å². The van der Waals surface area contributed by atoms with Crippen molar-refractivity contribution >= 4 is 21.8 Å². The average molecular weight is 623 g/mol. The highest BCUT2D eigenvalue weighted by atomic mass is 19.1. The van der Waals surface area contributed by atoms with E-state index in [1.54, 1.807) is 12.4 Å². The second-order valence-electron chi connectivity index (χ2n) is 11.2. The van der Waals surface area contributed by atoms with E-state index in [1.165, 1.54) is 24.3 Å². The normalized spacial score (nSPS) is 11.4. The van der Waals surface area contributed by atoms with E-state index in [4.69, 9.17) is 0 Å². The van der Waals surface area contributed by atoms with Gasteiger partial charge >= 0.3 is 0 Å². The molecule has 3 aromatic heterocycles. The fourth-order valence-corrected chi connectivity index (χ4v) is 6.11. The van der Waals surface area contributed by atoms with Gasteiger partial charge in [-0.3, -0.25) is 4.98 Å². The number of benzene rings is 5. The third kappa shape index (κ3) is 5.19. The molecule has 0 saturated heterocycles. The molecular weight excluding hydrogens is 600 g/mol. The van der Waals surface area contributed by atoms with Crippen LogP contribution in [0, 0.1) is 23.3 Å². The van der Waals surface area contributed by atoms with Crippen LogP contribution < -0.4 is 0 Å². The van der Waals surface area contributed by atoms with Crippen LogP contribution in [0.1, 0.15) is 0 Å². The van der Waals surface area contributed by atoms with Gasteiger partial charge in [-0.2, -0.15) is 0 Å². The minimum absolute atomic E-state index is 0.387. The van der Waals surface area contributed by atoms with E-state index >= 15 is 0 Å². The minimum Gasteiger partial charge on any atom is -0.309 e. The predicted molar refractivity (Wildman–Crippen MR) is 176 cm³/mol. The summed E-state index contributed by atoms with van der Waals surface area (Å²) in [5.74, 6) is -2.71. The summed E-state index contributed by atoms with van der Waals surface area (Å²) in [5.41, 5.74) is 7.48. The molecule has 47 heavy (non-hydrogen) atoms. The monoisotopic (exact) mass is 622 g/mol. The molecule has 8 rings (SSSR count). The zero-order valence-electron chi connectivity index (χ0n) is 24.5. The number of fused-ring (bicyclic) bond motifs is 3. The first-order valence-corrected chi connectivity index (χ1v) is 14.8. The van der Waals surface area contributed by atoms with Crippen LogP contribution in [0.3, 0.4) is 0 Å². The lowest BCUT2D eigenvalue weighted by Gasteiger charge is -2.14. The Morgan fingerprint density at radius 2 is 1.00 bits per heavy atom. The molecule has 0 atom stereocenters. The molecule has 226 valence electrons. The van der Waals surface area contributed by atoms with Crippen molar-refractivity contribution in [2.24, 2.45) is 0 Å². The lowest BCUT2D eigenvalue weighted by Crippen LogP contribution is -1.99. The minimum atomic E-state index is -0.678. The van der Waals surface area contributed by atoms with E-state index in [1.807, 2.05) is 84.9 Å². The van der Waals surface area contributed by atoms with E-state index < -0.39 is 23.3 Å². The lowest BCUT2D eigenvalue weighted by atomic mass is 10.00. The Bertz CT molecular complexity index is 2310. The van der Waals surface area contributed by atoms with Gasteiger partial charge in [-0.1, -0.05) is 30.3 Å². The smallest absolute Gasteiger partial charge is 0.126 e. The molecule has 0 aliphatic heterocycles. The maximum atomic E-state index is 14.2. The van der Waals surface area contributed by atoms with Crippen LogP contribution in [-0.4, -0.2) is 19.7 Å². The molecule has 0 fully saturated rings. The van der Waals surface area contributed by atoms with Gasteiger partial charge in [0.25, 0.3) is 0 Å². The third-order valence-electron chi connectivity index (χ3n) is 8.20. The molecule has 8 heteroatoms. The zero-order chi connectivity index (χ0) is 32.1. The van der Waals surface area contributed by atoms with Gasteiger partial charge in [0, 0.05) is 46.4 Å². The van der Waals surface area contributed by atoms with Crippen molar-refractivity contribution in [3.63, 3.8) is 0 Å². The molecule has 3 heterocycles. The SMILES string of the molecule is Fc1cc(F)cc(-c2ccc3c(c2)c2cc(-c4cc(F)cc(F)c4)ccc2n3-c2ccccc2-c2ccc(-c3cccnc3)nn2)c1. The van der Waals surface area contributed by atoms with Crippen molar-refractivity contribution in [2.45, 2.75) is 0 Å². The molecule has 5 aromatic carbocycles. The van der Waals surface area contributed by atoms with Crippen LogP contribution >= 0.6 is 0 Å². The Morgan fingerprint density at radius 1 is 0.447 bits per heavy atom. The Balaban J connectivity index is 1.35. The molecule has 0 amide bonds. The number of aromatic nitrogens is 4. The molecule has 4 nitrogen and oxygen atoms in total. The first-order valence-electron chi connectivity index (χ1n) is 14.8. The number of rotatable bonds is 5. The van der Waals surface area contributed by atoms with E-state index in [2.05, 4.69) is 19.7 Å². The van der Waals surface area contributed by atoms with Crippen LogP contribution in [0.15, 0.2) is 134 Å². The highest BCUT2D eigenvalue weighted by Gasteiger charge is 2.19. The molecule has 0 aliphatic rings. The van der Waals surface area contributed by atoms with Crippen LogP contribution in [0.4, 0.5) is 17.6 Å². The van der Waals surface area contributed by atoms with Crippen LogP contribution in [-0.2, 0) is 0 Å². The number of hydrogen-bond donors (Lipinski definition) is 0. The van der Waals surface area contributed by atoms with Crippen molar-refractivity contribution in [1.29, 1.82) is 0 Å². The summed E-state index contributed by atoms with van der Waals surface area (Å²) >= 11 is 0. The topological polar surface area (TPSA) is 43.6 Å². The predicted octanol–water partition coefficient (Wildman–Crippen LogP) is 10.2. The highest BCUT2D eigenvalue weighted by molar-refractivity contribution is 6.12. The lowest BCUT2D eigenvalue weighted by molar-refractivity contribution is 0.583. The summed E-state index contributed by atoms with van der Waals surface area (Å²) in [6.45, 7) is 0. The first-order chi connectivity index (χ1) is 22.9. The molecule has 0 saturated carbocycles. The summed E-state index contributed by atoms with van der Waals surface area (Å²) in [7, 11) is 0. The second kappa shape index (κ2) is 11.3. The largest absolute Gasteiger partial charge is 0.309 e. The van der Waals surface area contributed by atoms with Gasteiger partial charge in [-0.25, -0.2) is 17.6 Å². The van der Waals surface area contributed by atoms with Crippen molar-refractivity contribution in [1.82, 2.24) is 19.7 Å². The maximum absolute atomic E-state index is 14.2. The molecule has 8 aromatic rings. The van der Waals surface area contributed by atoms with Crippen LogP contribution in [0.5, 0.6) is 0 Å². The van der Waals surface area contributed by atoms with Gasteiger partial charge < -0.3 is 4.57 Å². The van der Waals surface area contributed by atoms with Crippen molar-refractivity contribution in [3.05, 3.63) is 157 Å². The van der Waals surface area contributed by atoms with Crippen LogP contribution in [0.25, 0.3) is 72.3 Å². The number of pyridine rings is 1. The summed E-state index contributed by atoms with van der Waals surface area (Å²) in [6, 6.07) is 33.4. The Labute approximate surface area is 266 Å². The fraction of sp³-hybridized carbons (Fsp3) is 0. The second-order valence-corrected chi connectivity index (χ2v) is 11.2. The molecule has 0 spiro atoms. The van der Waals surface area contributed by atoms with Gasteiger partial charge in [0.2, 0.25) is 0 Å². The summed E-state index contributed by atoms with van der Waals surface area (Å²) in [6.07, 6.45) is 3.43. The Kier molecular flexibility index (Phi) is 6.83. The number of nitrogens with zero attached hydrogens (tertiary/aromatic N) is 4. The van der Waals surface area contributed by atoms with Crippen LogP contribution in [0.2, 0.25) is 0 Å². The molecular formula is C39H22F4N4. The summed E-state index contributed by atoms with van der Waals surface area (Å²) in [5, 5.41) is 10.6. The highest BCUT2D eigenvalue weighted by Crippen LogP contribution is 2.39. The molecule has 0 bridgehead atoms. The van der Waals surface area contributed by atoms with Crippen molar-refractivity contribution < 1.29 is 17.6 Å².